The Kier molecular flexibility index (Phi) is 6.19. The van der Waals surface area contributed by atoms with E-state index in [2.05, 4.69) is 35.9 Å². The van der Waals surface area contributed by atoms with Gasteiger partial charge in [0.15, 0.2) is 0 Å². The molecule has 2 aliphatic rings. The van der Waals surface area contributed by atoms with Crippen LogP contribution in [0.1, 0.15) is 54.4 Å². The summed E-state index contributed by atoms with van der Waals surface area (Å²) in [6, 6.07) is 0.0839. The fourth-order valence-electron chi connectivity index (χ4n) is 3.68. The van der Waals surface area contributed by atoms with Crippen LogP contribution in [0.4, 0.5) is 4.79 Å². The van der Waals surface area contributed by atoms with E-state index in [0.717, 1.165) is 32.1 Å². The molecule has 0 aromatic carbocycles. The highest BCUT2D eigenvalue weighted by molar-refractivity contribution is 5.75. The number of piperazine rings is 1. The van der Waals surface area contributed by atoms with E-state index in [-0.39, 0.29) is 11.6 Å². The number of hydrogen-bond donors (Lipinski definition) is 1. The zero-order chi connectivity index (χ0) is 18.0. The van der Waals surface area contributed by atoms with Crippen LogP contribution in [0.2, 0.25) is 0 Å². The molecule has 0 aromatic heterocycles. The molecular weight excluding hydrogens is 300 g/mol. The first-order valence-electron chi connectivity index (χ1n) is 9.59. The van der Waals surface area contributed by atoms with Crippen LogP contribution in [0, 0.1) is 5.92 Å². The summed E-state index contributed by atoms with van der Waals surface area (Å²) in [5.74, 6) is 0.818. The fourth-order valence-corrected chi connectivity index (χ4v) is 3.68. The van der Waals surface area contributed by atoms with Crippen molar-refractivity contribution >= 4 is 6.03 Å². The molecule has 0 spiro atoms. The summed E-state index contributed by atoms with van der Waals surface area (Å²) in [6.07, 6.45) is 2.62. The minimum Gasteiger partial charge on any atom is -0.333 e. The monoisotopic (exact) mass is 338 g/mol. The molecule has 0 aliphatic carbocycles. The van der Waals surface area contributed by atoms with Crippen molar-refractivity contribution in [2.45, 2.75) is 65.5 Å². The second kappa shape index (κ2) is 7.61. The van der Waals surface area contributed by atoms with Crippen molar-refractivity contribution < 1.29 is 4.79 Å². The van der Waals surface area contributed by atoms with E-state index in [4.69, 9.17) is 0 Å². The van der Waals surface area contributed by atoms with E-state index in [1.165, 1.54) is 32.5 Å². The number of amides is 2. The number of nitrogens with zero attached hydrogens (tertiary/aromatic N) is 3. The van der Waals surface area contributed by atoms with Crippen LogP contribution in [0.3, 0.4) is 0 Å². The van der Waals surface area contributed by atoms with Gasteiger partial charge in [-0.25, -0.2) is 4.79 Å². The summed E-state index contributed by atoms with van der Waals surface area (Å²) in [6.45, 7) is 20.4. The summed E-state index contributed by atoms with van der Waals surface area (Å²) in [7, 11) is 0. The molecule has 0 radical (unpaired) electrons. The quantitative estimate of drug-likeness (QED) is 0.841. The fraction of sp³-hybridized carbons (Fsp3) is 0.947. The van der Waals surface area contributed by atoms with Crippen molar-refractivity contribution in [2.75, 3.05) is 45.8 Å². The summed E-state index contributed by atoms with van der Waals surface area (Å²) in [5, 5.41) is 3.07. The normalized spacial score (nSPS) is 22.7. The zero-order valence-electron chi connectivity index (χ0n) is 16.7. The molecule has 0 bridgehead atoms. The van der Waals surface area contributed by atoms with E-state index < -0.39 is 0 Å². The van der Waals surface area contributed by atoms with E-state index in [1.807, 2.05) is 25.7 Å². The lowest BCUT2D eigenvalue weighted by Crippen LogP contribution is -2.56. The van der Waals surface area contributed by atoms with Gasteiger partial charge in [-0.2, -0.15) is 0 Å². The van der Waals surface area contributed by atoms with Crippen LogP contribution >= 0.6 is 0 Å². The number of rotatable bonds is 2. The highest BCUT2D eigenvalue weighted by Crippen LogP contribution is 2.24. The molecule has 2 fully saturated rings. The summed E-state index contributed by atoms with van der Waals surface area (Å²) in [4.78, 5) is 19.4. The lowest BCUT2D eigenvalue weighted by Gasteiger charge is -2.43. The highest BCUT2D eigenvalue weighted by Gasteiger charge is 2.29. The smallest absolute Gasteiger partial charge is 0.317 e. The molecule has 5 heteroatoms. The van der Waals surface area contributed by atoms with Gasteiger partial charge in [-0.1, -0.05) is 0 Å². The third-order valence-corrected chi connectivity index (χ3v) is 5.22. The van der Waals surface area contributed by atoms with E-state index in [1.54, 1.807) is 0 Å². The van der Waals surface area contributed by atoms with Crippen LogP contribution in [0.15, 0.2) is 0 Å². The van der Waals surface area contributed by atoms with Gasteiger partial charge in [-0.05, 0) is 73.4 Å². The number of nitrogens with one attached hydrogen (secondary N) is 1. The van der Waals surface area contributed by atoms with Gasteiger partial charge in [0.2, 0.25) is 0 Å². The molecule has 5 nitrogen and oxygen atoms in total. The largest absolute Gasteiger partial charge is 0.333 e. The van der Waals surface area contributed by atoms with Crippen LogP contribution < -0.4 is 5.32 Å². The Morgan fingerprint density at radius 1 is 0.917 bits per heavy atom. The van der Waals surface area contributed by atoms with Gasteiger partial charge in [-0.3, -0.25) is 9.80 Å². The predicted molar refractivity (Wildman–Crippen MR) is 100 cm³/mol. The van der Waals surface area contributed by atoms with Crippen molar-refractivity contribution in [1.29, 1.82) is 0 Å². The first-order valence-corrected chi connectivity index (χ1v) is 9.59. The standard InChI is InChI=1S/C19H38N4O/c1-18(2,3)20-17(24)22-13-11-21(12-14-22)15-16-7-9-23(10-8-16)19(4,5)6/h16H,7-15H2,1-6H3,(H,20,24). The number of urea groups is 1. The molecule has 2 rings (SSSR count). The molecule has 0 unspecified atom stereocenters. The van der Waals surface area contributed by atoms with Gasteiger partial charge in [0, 0.05) is 43.8 Å². The lowest BCUT2D eigenvalue weighted by atomic mass is 9.92. The Morgan fingerprint density at radius 2 is 1.46 bits per heavy atom. The minimum atomic E-state index is -0.157. The van der Waals surface area contributed by atoms with Crippen LogP contribution in [0.5, 0.6) is 0 Å². The summed E-state index contributed by atoms with van der Waals surface area (Å²) in [5.41, 5.74) is 0.145. The van der Waals surface area contributed by atoms with Gasteiger partial charge >= 0.3 is 6.03 Å². The molecule has 24 heavy (non-hydrogen) atoms. The second-order valence-corrected chi connectivity index (χ2v) is 9.57. The summed E-state index contributed by atoms with van der Waals surface area (Å²) < 4.78 is 0. The van der Waals surface area contributed by atoms with Crippen molar-refractivity contribution in [3.63, 3.8) is 0 Å². The first-order chi connectivity index (χ1) is 11.0. The summed E-state index contributed by atoms with van der Waals surface area (Å²) >= 11 is 0. The molecule has 0 aromatic rings. The molecule has 2 heterocycles. The minimum absolute atomic E-state index is 0.0839. The molecule has 1 N–H and O–H groups in total. The Morgan fingerprint density at radius 3 is 1.92 bits per heavy atom. The van der Waals surface area contributed by atoms with Crippen molar-refractivity contribution in [3.05, 3.63) is 0 Å². The van der Waals surface area contributed by atoms with E-state index in [0.29, 0.717) is 5.54 Å². The van der Waals surface area contributed by atoms with Crippen molar-refractivity contribution in [2.24, 2.45) is 5.92 Å². The van der Waals surface area contributed by atoms with Gasteiger partial charge in [0.25, 0.3) is 0 Å². The lowest BCUT2D eigenvalue weighted by molar-refractivity contribution is 0.0649. The molecule has 2 saturated heterocycles. The van der Waals surface area contributed by atoms with E-state index in [9.17, 15) is 4.79 Å². The van der Waals surface area contributed by atoms with E-state index >= 15 is 0 Å². The SMILES string of the molecule is CC(C)(C)NC(=O)N1CCN(CC2CCN(C(C)(C)C)CC2)CC1. The molecule has 0 saturated carbocycles. The third-order valence-electron chi connectivity index (χ3n) is 5.22. The molecule has 140 valence electrons. The maximum Gasteiger partial charge on any atom is 0.317 e. The van der Waals surface area contributed by atoms with Crippen molar-refractivity contribution in [1.82, 2.24) is 20.0 Å². The highest BCUT2D eigenvalue weighted by atomic mass is 16.2. The predicted octanol–water partition coefficient (Wildman–Crippen LogP) is 2.62. The van der Waals surface area contributed by atoms with Gasteiger partial charge < -0.3 is 10.2 Å². The first kappa shape index (κ1) is 19.5. The van der Waals surface area contributed by atoms with Gasteiger partial charge in [0.05, 0.1) is 0 Å². The molecule has 2 amide bonds. The number of hydrogen-bond acceptors (Lipinski definition) is 3. The average Bonchev–Trinajstić information content (AvgIpc) is 2.46. The van der Waals surface area contributed by atoms with Crippen LogP contribution in [-0.2, 0) is 0 Å². The third kappa shape index (κ3) is 5.92. The number of carbonyl (C=O) groups excluding carboxylic acids is 1. The second-order valence-electron chi connectivity index (χ2n) is 9.57. The number of carbonyl (C=O) groups is 1. The topological polar surface area (TPSA) is 38.8 Å². The Bertz CT molecular complexity index is 408. The Labute approximate surface area is 148 Å². The van der Waals surface area contributed by atoms with Crippen LogP contribution in [0.25, 0.3) is 0 Å². The van der Waals surface area contributed by atoms with Gasteiger partial charge in [-0.15, -0.1) is 0 Å². The number of piperidine rings is 1. The Balaban J connectivity index is 1.70. The maximum absolute atomic E-state index is 12.2. The average molecular weight is 339 g/mol. The van der Waals surface area contributed by atoms with Crippen molar-refractivity contribution in [3.8, 4) is 0 Å². The molecule has 0 atom stereocenters. The molecule has 2 aliphatic heterocycles. The zero-order valence-corrected chi connectivity index (χ0v) is 16.7. The number of likely N-dealkylation sites (tertiary alicyclic amines) is 1. The van der Waals surface area contributed by atoms with Gasteiger partial charge in [0.1, 0.15) is 0 Å². The van der Waals surface area contributed by atoms with Crippen LogP contribution in [-0.4, -0.2) is 77.6 Å². The maximum atomic E-state index is 12.2. The Hall–Kier alpha value is -0.810. The molecular formula is C19H38N4O.